The Morgan fingerprint density at radius 3 is 2.64 bits per heavy atom. The van der Waals surface area contributed by atoms with Gasteiger partial charge in [-0.25, -0.2) is 0 Å². The maximum Gasteiger partial charge on any atom is 0.147 e. The summed E-state index contributed by atoms with van der Waals surface area (Å²) in [5.74, 6) is 0.836. The average Bonchev–Trinajstić information content (AvgIpc) is 2.72. The van der Waals surface area contributed by atoms with E-state index in [0.717, 1.165) is 12.3 Å². The maximum atomic E-state index is 6.10. The quantitative estimate of drug-likeness (QED) is 0.751. The van der Waals surface area contributed by atoms with Gasteiger partial charge >= 0.3 is 0 Å². The van der Waals surface area contributed by atoms with E-state index < -0.39 is 0 Å². The van der Waals surface area contributed by atoms with E-state index in [0.29, 0.717) is 13.4 Å². The minimum absolute atomic E-state index is 0.150. The van der Waals surface area contributed by atoms with Gasteiger partial charge in [-0.2, -0.15) is 0 Å². The van der Waals surface area contributed by atoms with Gasteiger partial charge in [-0.1, -0.05) is 32.1 Å². The van der Waals surface area contributed by atoms with E-state index in [1.54, 1.807) is 0 Å². The molecule has 2 N–H and O–H groups in total. The van der Waals surface area contributed by atoms with Crippen molar-refractivity contribution in [2.45, 2.75) is 50.7 Å². The molecular formula is C11H21NO2. The molecule has 0 aromatic carbocycles. The molecule has 14 heavy (non-hydrogen) atoms. The molecule has 0 amide bonds. The van der Waals surface area contributed by atoms with Crippen LogP contribution in [0.1, 0.15) is 38.5 Å². The minimum Gasteiger partial charge on any atom is -0.353 e. The molecule has 3 nitrogen and oxygen atoms in total. The van der Waals surface area contributed by atoms with Crippen molar-refractivity contribution in [2.75, 3.05) is 13.4 Å². The van der Waals surface area contributed by atoms with Crippen LogP contribution >= 0.6 is 0 Å². The van der Waals surface area contributed by atoms with Crippen molar-refractivity contribution in [1.82, 2.24) is 0 Å². The van der Waals surface area contributed by atoms with Crippen LogP contribution in [-0.2, 0) is 9.47 Å². The van der Waals surface area contributed by atoms with Gasteiger partial charge in [0.15, 0.2) is 0 Å². The fraction of sp³-hybridized carbons (Fsp3) is 1.00. The Hall–Kier alpha value is -0.120. The average molecular weight is 199 g/mol. The smallest absolute Gasteiger partial charge is 0.147 e. The summed E-state index contributed by atoms with van der Waals surface area (Å²) in [6, 6.07) is 0.181. The molecule has 0 unspecified atom stereocenters. The molecule has 82 valence electrons. The van der Waals surface area contributed by atoms with Gasteiger partial charge in [0.1, 0.15) is 6.79 Å². The molecule has 2 aliphatic rings. The van der Waals surface area contributed by atoms with Crippen LogP contribution in [0.25, 0.3) is 0 Å². The monoisotopic (exact) mass is 199 g/mol. The summed E-state index contributed by atoms with van der Waals surface area (Å²) in [7, 11) is 0. The minimum atomic E-state index is 0.150. The fourth-order valence-corrected chi connectivity index (χ4v) is 2.55. The van der Waals surface area contributed by atoms with Gasteiger partial charge in [0, 0.05) is 6.04 Å². The Balaban J connectivity index is 1.72. The third kappa shape index (κ3) is 2.69. The van der Waals surface area contributed by atoms with Crippen LogP contribution in [0.15, 0.2) is 0 Å². The molecule has 0 radical (unpaired) electrons. The van der Waals surface area contributed by atoms with Crippen LogP contribution in [-0.4, -0.2) is 25.5 Å². The van der Waals surface area contributed by atoms with Crippen LogP contribution in [0.4, 0.5) is 0 Å². The highest BCUT2D eigenvalue weighted by Gasteiger charge is 2.26. The molecule has 1 saturated carbocycles. The Kier molecular flexibility index (Phi) is 3.79. The largest absolute Gasteiger partial charge is 0.353 e. The van der Waals surface area contributed by atoms with Gasteiger partial charge in [0.05, 0.1) is 12.7 Å². The van der Waals surface area contributed by atoms with Crippen molar-refractivity contribution >= 4 is 0 Å². The van der Waals surface area contributed by atoms with Gasteiger partial charge in [-0.05, 0) is 12.3 Å². The maximum absolute atomic E-state index is 6.10. The summed E-state index contributed by atoms with van der Waals surface area (Å²) in [4.78, 5) is 0. The molecule has 0 bridgehead atoms. The lowest BCUT2D eigenvalue weighted by atomic mass is 9.84. The van der Waals surface area contributed by atoms with Crippen LogP contribution in [0.5, 0.6) is 0 Å². The van der Waals surface area contributed by atoms with E-state index in [1.165, 1.54) is 32.1 Å². The first-order chi connectivity index (χ1) is 6.86. The fourth-order valence-electron chi connectivity index (χ4n) is 2.55. The first-order valence-electron chi connectivity index (χ1n) is 5.81. The van der Waals surface area contributed by atoms with E-state index in [4.69, 9.17) is 15.2 Å². The second-order valence-electron chi connectivity index (χ2n) is 4.60. The molecule has 1 saturated heterocycles. The first kappa shape index (κ1) is 10.4. The summed E-state index contributed by atoms with van der Waals surface area (Å²) < 4.78 is 10.6. The van der Waals surface area contributed by atoms with E-state index in [9.17, 15) is 0 Å². The SMILES string of the molecule is N[C@@H](CC1CCCCC1)[C@@H]1COCO1. The van der Waals surface area contributed by atoms with Crippen LogP contribution in [0, 0.1) is 5.92 Å². The Morgan fingerprint density at radius 1 is 1.21 bits per heavy atom. The molecule has 2 rings (SSSR count). The Labute approximate surface area is 85.9 Å². The highest BCUT2D eigenvalue weighted by molar-refractivity contribution is 4.79. The van der Waals surface area contributed by atoms with Crippen molar-refractivity contribution in [2.24, 2.45) is 11.7 Å². The van der Waals surface area contributed by atoms with Gasteiger partial charge in [-0.15, -0.1) is 0 Å². The third-order valence-corrected chi connectivity index (χ3v) is 3.46. The van der Waals surface area contributed by atoms with Crippen LogP contribution in [0.3, 0.4) is 0 Å². The first-order valence-corrected chi connectivity index (χ1v) is 5.81. The van der Waals surface area contributed by atoms with Crippen molar-refractivity contribution in [3.05, 3.63) is 0 Å². The summed E-state index contributed by atoms with van der Waals surface area (Å²) in [5, 5.41) is 0. The molecule has 0 spiro atoms. The zero-order valence-corrected chi connectivity index (χ0v) is 8.78. The number of nitrogens with two attached hydrogens (primary N) is 1. The van der Waals surface area contributed by atoms with Gasteiger partial charge in [0.2, 0.25) is 0 Å². The molecule has 0 aromatic rings. The molecule has 3 heteroatoms. The summed E-state index contributed by atoms with van der Waals surface area (Å²) >= 11 is 0. The highest BCUT2D eigenvalue weighted by atomic mass is 16.7. The number of rotatable bonds is 3. The molecule has 1 aliphatic carbocycles. The normalized spacial score (nSPS) is 31.9. The highest BCUT2D eigenvalue weighted by Crippen LogP contribution is 2.28. The Morgan fingerprint density at radius 2 is 2.00 bits per heavy atom. The second-order valence-corrected chi connectivity index (χ2v) is 4.60. The lowest BCUT2D eigenvalue weighted by molar-refractivity contribution is 0.0363. The summed E-state index contributed by atoms with van der Waals surface area (Å²) in [6.45, 7) is 1.12. The van der Waals surface area contributed by atoms with Crippen molar-refractivity contribution in [3.63, 3.8) is 0 Å². The lowest BCUT2D eigenvalue weighted by Crippen LogP contribution is -2.38. The van der Waals surface area contributed by atoms with Crippen molar-refractivity contribution < 1.29 is 9.47 Å². The lowest BCUT2D eigenvalue weighted by Gasteiger charge is -2.26. The molecule has 0 aromatic heterocycles. The van der Waals surface area contributed by atoms with Crippen molar-refractivity contribution in [1.29, 1.82) is 0 Å². The van der Waals surface area contributed by atoms with Crippen LogP contribution < -0.4 is 5.73 Å². The zero-order valence-electron chi connectivity index (χ0n) is 8.78. The molecular weight excluding hydrogens is 178 g/mol. The number of ether oxygens (including phenoxy) is 2. The van der Waals surface area contributed by atoms with E-state index in [2.05, 4.69) is 0 Å². The molecule has 2 fully saturated rings. The topological polar surface area (TPSA) is 44.5 Å². The number of hydrogen-bond donors (Lipinski definition) is 1. The van der Waals surface area contributed by atoms with Crippen LogP contribution in [0.2, 0.25) is 0 Å². The van der Waals surface area contributed by atoms with E-state index in [-0.39, 0.29) is 12.1 Å². The van der Waals surface area contributed by atoms with Crippen molar-refractivity contribution in [3.8, 4) is 0 Å². The summed E-state index contributed by atoms with van der Waals surface area (Å²) in [5.41, 5.74) is 6.10. The van der Waals surface area contributed by atoms with Gasteiger partial charge < -0.3 is 15.2 Å². The molecule has 2 atom stereocenters. The zero-order chi connectivity index (χ0) is 9.80. The standard InChI is InChI=1S/C11H21NO2/c12-10(11-7-13-8-14-11)6-9-4-2-1-3-5-9/h9-11H,1-8,12H2/t10-,11-/m0/s1. The summed E-state index contributed by atoms with van der Waals surface area (Å²) in [6.07, 6.45) is 8.18. The van der Waals surface area contributed by atoms with E-state index in [1.807, 2.05) is 0 Å². The van der Waals surface area contributed by atoms with Gasteiger partial charge in [-0.3, -0.25) is 0 Å². The van der Waals surface area contributed by atoms with E-state index >= 15 is 0 Å². The second kappa shape index (κ2) is 5.10. The molecule has 1 heterocycles. The Bertz CT molecular complexity index is 163. The predicted molar refractivity (Wildman–Crippen MR) is 54.9 cm³/mol. The molecule has 1 aliphatic heterocycles. The predicted octanol–water partition coefficient (Wildman–Crippen LogP) is 1.66. The number of hydrogen-bond acceptors (Lipinski definition) is 3. The third-order valence-electron chi connectivity index (χ3n) is 3.46. The van der Waals surface area contributed by atoms with Gasteiger partial charge in [0.25, 0.3) is 0 Å².